The molecule has 0 atom stereocenters. The monoisotopic (exact) mass is 648 g/mol. The van der Waals surface area contributed by atoms with E-state index < -0.39 is 12.2 Å². The van der Waals surface area contributed by atoms with Crippen molar-refractivity contribution in [3.63, 3.8) is 0 Å². The number of ether oxygens (including phenoxy) is 3. The summed E-state index contributed by atoms with van der Waals surface area (Å²) in [5.74, 6) is 0.770. The minimum atomic E-state index is -0.512. The Morgan fingerprint density at radius 3 is 1.62 bits per heavy atom. The van der Waals surface area contributed by atoms with Gasteiger partial charge in [0.1, 0.15) is 19.0 Å². The van der Waals surface area contributed by atoms with E-state index >= 15 is 0 Å². The molecule has 4 aromatic carbocycles. The molecule has 0 saturated carbocycles. The maximum Gasteiger partial charge on any atom is 0.411 e. The van der Waals surface area contributed by atoms with Gasteiger partial charge in [-0.2, -0.15) is 15.5 Å². The number of rotatable bonds is 18. The summed E-state index contributed by atoms with van der Waals surface area (Å²) in [5.41, 5.74) is 3.30. The summed E-state index contributed by atoms with van der Waals surface area (Å²) in [6, 6.07) is 34.7. The highest BCUT2D eigenvalue weighted by Crippen LogP contribution is 2.22. The molecule has 0 spiro atoms. The van der Waals surface area contributed by atoms with Crippen LogP contribution in [0.4, 0.5) is 32.3 Å². The van der Waals surface area contributed by atoms with Gasteiger partial charge in [0.15, 0.2) is 0 Å². The Morgan fingerprint density at radius 1 is 0.604 bits per heavy atom. The number of benzene rings is 4. The SMILES string of the molecule is N#Cc1ccc(N=Nc2ccc(OCCCCCCN(CCOC(=O)Nc3ccccc3)CCOC(=O)Nc3ccccc3)cc2)cc1. The van der Waals surface area contributed by atoms with E-state index in [1.54, 1.807) is 48.5 Å². The van der Waals surface area contributed by atoms with Crippen molar-refractivity contribution in [2.24, 2.45) is 10.2 Å². The number of carbonyl (C=O) groups excluding carboxylic acids is 2. The van der Waals surface area contributed by atoms with E-state index in [1.165, 1.54) is 0 Å². The fourth-order valence-electron chi connectivity index (χ4n) is 4.53. The lowest BCUT2D eigenvalue weighted by Crippen LogP contribution is -2.34. The van der Waals surface area contributed by atoms with Gasteiger partial charge < -0.3 is 14.2 Å². The van der Waals surface area contributed by atoms with Gasteiger partial charge in [0, 0.05) is 24.5 Å². The number of amides is 2. The van der Waals surface area contributed by atoms with Crippen LogP contribution in [0.2, 0.25) is 0 Å². The lowest BCUT2D eigenvalue weighted by Gasteiger charge is -2.22. The van der Waals surface area contributed by atoms with Crippen LogP contribution >= 0.6 is 0 Å². The highest BCUT2D eigenvalue weighted by molar-refractivity contribution is 5.85. The summed E-state index contributed by atoms with van der Waals surface area (Å²) in [4.78, 5) is 26.5. The molecular formula is C37H40N6O5. The maximum absolute atomic E-state index is 12.2. The molecule has 0 aliphatic heterocycles. The Bertz CT molecular complexity index is 1530. The number of nitrogens with one attached hydrogen (secondary N) is 2. The first-order valence-corrected chi connectivity index (χ1v) is 15.9. The van der Waals surface area contributed by atoms with E-state index in [4.69, 9.17) is 19.5 Å². The summed E-state index contributed by atoms with van der Waals surface area (Å²) < 4.78 is 16.7. The van der Waals surface area contributed by atoms with Crippen molar-refractivity contribution in [2.45, 2.75) is 25.7 Å². The average Bonchev–Trinajstić information content (AvgIpc) is 3.11. The number of carbonyl (C=O) groups is 2. The first-order valence-electron chi connectivity index (χ1n) is 15.9. The highest BCUT2D eigenvalue weighted by atomic mass is 16.6. The predicted octanol–water partition coefficient (Wildman–Crippen LogP) is 8.71. The van der Waals surface area contributed by atoms with E-state index in [-0.39, 0.29) is 13.2 Å². The topological polar surface area (TPSA) is 138 Å². The Labute approximate surface area is 281 Å². The molecule has 0 unspecified atom stereocenters. The maximum atomic E-state index is 12.2. The van der Waals surface area contributed by atoms with Crippen LogP contribution in [0.3, 0.4) is 0 Å². The fourth-order valence-corrected chi connectivity index (χ4v) is 4.53. The molecule has 4 rings (SSSR count). The molecule has 0 radical (unpaired) electrons. The zero-order valence-corrected chi connectivity index (χ0v) is 26.8. The number of para-hydroxylation sites is 2. The van der Waals surface area contributed by atoms with Crippen molar-refractivity contribution >= 4 is 34.9 Å². The number of azo groups is 1. The normalized spacial score (nSPS) is 10.8. The number of unbranched alkanes of at least 4 members (excludes halogenated alkanes) is 3. The third kappa shape index (κ3) is 13.7. The van der Waals surface area contributed by atoms with Gasteiger partial charge >= 0.3 is 12.2 Å². The zero-order chi connectivity index (χ0) is 33.7. The summed E-state index contributed by atoms with van der Waals surface area (Å²) >= 11 is 0. The molecule has 0 aromatic heterocycles. The van der Waals surface area contributed by atoms with Gasteiger partial charge in [-0.05, 0) is 92.2 Å². The largest absolute Gasteiger partial charge is 0.494 e. The second kappa shape index (κ2) is 20.4. The molecule has 0 heterocycles. The number of hydrogen-bond acceptors (Lipinski definition) is 9. The summed E-state index contributed by atoms with van der Waals surface area (Å²) in [5, 5.41) is 22.8. The van der Waals surface area contributed by atoms with Crippen molar-refractivity contribution in [2.75, 3.05) is 50.1 Å². The summed E-state index contributed by atoms with van der Waals surface area (Å²) in [7, 11) is 0. The van der Waals surface area contributed by atoms with Crippen LogP contribution in [0.15, 0.2) is 119 Å². The minimum Gasteiger partial charge on any atom is -0.494 e. The summed E-state index contributed by atoms with van der Waals surface area (Å²) in [6.07, 6.45) is 2.82. The van der Waals surface area contributed by atoms with Gasteiger partial charge in [0.2, 0.25) is 0 Å². The minimum absolute atomic E-state index is 0.207. The van der Waals surface area contributed by atoms with Gasteiger partial charge in [0.05, 0.1) is 29.6 Å². The lowest BCUT2D eigenvalue weighted by atomic mass is 10.2. The first kappa shape index (κ1) is 35.1. The molecular weight excluding hydrogens is 608 g/mol. The Hall–Kier alpha value is -5.73. The van der Waals surface area contributed by atoms with Crippen LogP contribution in [0, 0.1) is 11.3 Å². The van der Waals surface area contributed by atoms with Gasteiger partial charge in [-0.25, -0.2) is 9.59 Å². The number of nitriles is 1. The molecule has 0 saturated heterocycles. The average molecular weight is 649 g/mol. The molecule has 0 aliphatic rings. The van der Waals surface area contributed by atoms with Crippen molar-refractivity contribution in [1.29, 1.82) is 5.26 Å². The molecule has 48 heavy (non-hydrogen) atoms. The molecule has 0 aliphatic carbocycles. The van der Waals surface area contributed by atoms with Crippen LogP contribution in [0.25, 0.3) is 0 Å². The molecule has 248 valence electrons. The number of hydrogen-bond donors (Lipinski definition) is 2. The predicted molar refractivity (Wildman–Crippen MR) is 185 cm³/mol. The molecule has 4 aromatic rings. The molecule has 11 heteroatoms. The van der Waals surface area contributed by atoms with Crippen molar-refractivity contribution < 1.29 is 23.8 Å². The Balaban J connectivity index is 1.13. The van der Waals surface area contributed by atoms with Gasteiger partial charge in [0.25, 0.3) is 0 Å². The van der Waals surface area contributed by atoms with Crippen LogP contribution in [0.1, 0.15) is 31.2 Å². The molecule has 2 N–H and O–H groups in total. The zero-order valence-electron chi connectivity index (χ0n) is 26.8. The summed E-state index contributed by atoms with van der Waals surface area (Å²) in [6.45, 7) is 2.81. The van der Waals surface area contributed by atoms with E-state index in [1.807, 2.05) is 60.7 Å². The third-order valence-corrected chi connectivity index (χ3v) is 7.07. The van der Waals surface area contributed by atoms with E-state index in [0.717, 1.165) is 38.0 Å². The second-order valence-electron chi connectivity index (χ2n) is 10.7. The fraction of sp³-hybridized carbons (Fsp3) is 0.270. The van der Waals surface area contributed by atoms with Gasteiger partial charge in [-0.3, -0.25) is 15.5 Å². The second-order valence-corrected chi connectivity index (χ2v) is 10.7. The molecule has 2 amide bonds. The third-order valence-electron chi connectivity index (χ3n) is 7.07. The van der Waals surface area contributed by atoms with Crippen LogP contribution < -0.4 is 15.4 Å². The van der Waals surface area contributed by atoms with Crippen molar-refractivity contribution in [3.05, 3.63) is 115 Å². The molecule has 11 nitrogen and oxygen atoms in total. The number of nitrogens with zero attached hydrogens (tertiary/aromatic N) is 4. The van der Waals surface area contributed by atoms with E-state index in [0.29, 0.717) is 48.0 Å². The van der Waals surface area contributed by atoms with Gasteiger partial charge in [-0.15, -0.1) is 0 Å². The smallest absolute Gasteiger partial charge is 0.411 e. The first-order chi connectivity index (χ1) is 23.6. The molecule has 0 fully saturated rings. The van der Waals surface area contributed by atoms with Crippen LogP contribution in [0.5, 0.6) is 5.75 Å². The lowest BCUT2D eigenvalue weighted by molar-refractivity contribution is 0.116. The Morgan fingerprint density at radius 2 is 1.10 bits per heavy atom. The van der Waals surface area contributed by atoms with E-state index in [9.17, 15) is 9.59 Å². The van der Waals surface area contributed by atoms with E-state index in [2.05, 4.69) is 31.8 Å². The van der Waals surface area contributed by atoms with Crippen molar-refractivity contribution in [1.82, 2.24) is 4.90 Å². The quantitative estimate of drug-likeness (QED) is 0.0813. The highest BCUT2D eigenvalue weighted by Gasteiger charge is 2.10. The van der Waals surface area contributed by atoms with Crippen LogP contribution in [-0.4, -0.2) is 56.5 Å². The van der Waals surface area contributed by atoms with Crippen molar-refractivity contribution in [3.8, 4) is 11.8 Å². The standard InChI is InChI=1S/C37H40N6O5/c38-29-30-15-17-33(18-16-30)41-42-34-19-21-35(22-20-34)46-26-10-2-1-9-23-43(24-27-47-36(44)39-31-11-5-3-6-12-31)25-28-48-37(45)40-32-13-7-4-8-14-32/h3-8,11-22H,1-2,9-10,23-28H2,(H,39,44)(H,40,45). The molecule has 0 bridgehead atoms. The Kier molecular flexibility index (Phi) is 14.9. The van der Waals surface area contributed by atoms with Gasteiger partial charge in [-0.1, -0.05) is 49.2 Å². The number of anilines is 2. The van der Waals surface area contributed by atoms with Crippen LogP contribution in [-0.2, 0) is 9.47 Å².